The summed E-state index contributed by atoms with van der Waals surface area (Å²) in [5.41, 5.74) is 0. The molecule has 1 N–H and O–H groups in total. The summed E-state index contributed by atoms with van der Waals surface area (Å²) in [6.07, 6.45) is 21.1. The van der Waals surface area contributed by atoms with Crippen molar-refractivity contribution in [3.63, 3.8) is 0 Å². The van der Waals surface area contributed by atoms with Gasteiger partial charge in [-0.3, -0.25) is 0 Å². The van der Waals surface area contributed by atoms with Crippen LogP contribution in [0.5, 0.6) is 0 Å². The van der Waals surface area contributed by atoms with E-state index in [-0.39, 0.29) is 0 Å². The molecule has 0 spiro atoms. The van der Waals surface area contributed by atoms with Crippen LogP contribution in [-0.4, -0.2) is 62.9 Å². The normalized spacial score (nSPS) is 34.8. The molecule has 0 aromatic carbocycles. The molecule has 0 aromatic heterocycles. The third kappa shape index (κ3) is 7.96. The van der Waals surface area contributed by atoms with Gasteiger partial charge in [0.15, 0.2) is 0 Å². The smallest absolute Gasteiger partial charge is 0.0728 e. The zero-order chi connectivity index (χ0) is 21.1. The average molecular weight is 438 g/mol. The zero-order valence-electron chi connectivity index (χ0n) is 19.7. The second kappa shape index (κ2) is 13.5. The van der Waals surface area contributed by atoms with E-state index in [1.165, 1.54) is 77.0 Å². The summed E-state index contributed by atoms with van der Waals surface area (Å²) in [6.45, 7) is 3.73. The molecule has 0 aromatic rings. The highest BCUT2D eigenvalue weighted by molar-refractivity contribution is 4.89. The minimum atomic E-state index is 0.342. The highest BCUT2D eigenvalue weighted by Crippen LogP contribution is 2.27. The Morgan fingerprint density at radius 1 is 0.516 bits per heavy atom. The van der Waals surface area contributed by atoms with Gasteiger partial charge < -0.3 is 24.3 Å². The van der Waals surface area contributed by atoms with Gasteiger partial charge in [0.05, 0.1) is 24.4 Å². The van der Waals surface area contributed by atoms with E-state index >= 15 is 0 Å². The number of hydrogen-bond donors (Lipinski definition) is 1. The van der Waals surface area contributed by atoms with Gasteiger partial charge in [0.1, 0.15) is 0 Å². The van der Waals surface area contributed by atoms with Crippen molar-refractivity contribution in [2.75, 3.05) is 26.4 Å². The Morgan fingerprint density at radius 3 is 1.29 bits per heavy atom. The number of hydrogen-bond acceptors (Lipinski definition) is 5. The monoisotopic (exact) mass is 437 g/mol. The van der Waals surface area contributed by atoms with Gasteiger partial charge in [0.25, 0.3) is 0 Å². The molecule has 6 atom stereocenters. The largest absolute Gasteiger partial charge is 0.378 e. The van der Waals surface area contributed by atoms with Crippen molar-refractivity contribution in [2.45, 2.75) is 139 Å². The summed E-state index contributed by atoms with van der Waals surface area (Å²) in [6, 6.07) is 0.822. The van der Waals surface area contributed by atoms with Crippen LogP contribution in [0.3, 0.4) is 0 Å². The fraction of sp³-hybridized carbons (Fsp3) is 1.00. The lowest BCUT2D eigenvalue weighted by Gasteiger charge is -2.39. The molecule has 4 fully saturated rings. The third-order valence-corrected chi connectivity index (χ3v) is 7.90. The van der Waals surface area contributed by atoms with Crippen LogP contribution < -0.4 is 5.32 Å². The van der Waals surface area contributed by atoms with Crippen molar-refractivity contribution in [2.24, 2.45) is 0 Å². The minimum Gasteiger partial charge on any atom is -0.378 e. The lowest BCUT2D eigenvalue weighted by molar-refractivity contribution is -0.0470. The molecule has 0 saturated carbocycles. The van der Waals surface area contributed by atoms with E-state index in [4.69, 9.17) is 18.9 Å². The molecule has 4 aliphatic heterocycles. The average Bonchev–Trinajstić information content (AvgIpc) is 2.86. The summed E-state index contributed by atoms with van der Waals surface area (Å²) < 4.78 is 24.7. The molecule has 4 aliphatic rings. The van der Waals surface area contributed by atoms with Crippen LogP contribution in [0, 0.1) is 0 Å². The van der Waals surface area contributed by atoms with Gasteiger partial charge in [-0.25, -0.2) is 0 Å². The standard InChI is InChI=1S/C26H47NO4/c1-5-17-28-21(9-1)13-15-23(25-11-3-7-19-30-25)27-24(26-12-4-8-20-31-26)16-14-22-10-2-6-18-29-22/h21-27H,1-20H2. The maximum atomic E-state index is 6.29. The molecule has 5 nitrogen and oxygen atoms in total. The highest BCUT2D eigenvalue weighted by atomic mass is 16.5. The summed E-state index contributed by atoms with van der Waals surface area (Å²) >= 11 is 0. The molecule has 180 valence electrons. The van der Waals surface area contributed by atoms with E-state index in [0.717, 1.165) is 52.1 Å². The summed E-state index contributed by atoms with van der Waals surface area (Å²) in [4.78, 5) is 0. The summed E-state index contributed by atoms with van der Waals surface area (Å²) in [7, 11) is 0. The van der Waals surface area contributed by atoms with Gasteiger partial charge in [-0.2, -0.15) is 0 Å². The lowest BCUT2D eigenvalue weighted by atomic mass is 9.91. The van der Waals surface area contributed by atoms with Crippen LogP contribution in [0.25, 0.3) is 0 Å². The van der Waals surface area contributed by atoms with Crippen LogP contribution in [-0.2, 0) is 18.9 Å². The van der Waals surface area contributed by atoms with Gasteiger partial charge in [0, 0.05) is 38.5 Å². The molecule has 6 unspecified atom stereocenters. The molecular formula is C26H47NO4. The molecule has 4 rings (SSSR count). The molecule has 0 amide bonds. The quantitative estimate of drug-likeness (QED) is 0.512. The fourth-order valence-corrected chi connectivity index (χ4v) is 6.00. The van der Waals surface area contributed by atoms with Crippen molar-refractivity contribution in [3.8, 4) is 0 Å². The Morgan fingerprint density at radius 2 is 0.935 bits per heavy atom. The van der Waals surface area contributed by atoms with Crippen molar-refractivity contribution in [3.05, 3.63) is 0 Å². The maximum absolute atomic E-state index is 6.29. The fourth-order valence-electron chi connectivity index (χ4n) is 6.00. The third-order valence-electron chi connectivity index (χ3n) is 7.90. The topological polar surface area (TPSA) is 49.0 Å². The van der Waals surface area contributed by atoms with Crippen molar-refractivity contribution >= 4 is 0 Å². The van der Waals surface area contributed by atoms with Crippen molar-refractivity contribution in [1.82, 2.24) is 5.32 Å². The Kier molecular flexibility index (Phi) is 10.4. The number of nitrogens with one attached hydrogen (secondary N) is 1. The second-order valence-corrected chi connectivity index (χ2v) is 10.3. The number of rotatable bonds is 10. The van der Waals surface area contributed by atoms with E-state index in [1.54, 1.807) is 0 Å². The van der Waals surface area contributed by atoms with Crippen LogP contribution in [0.1, 0.15) is 103 Å². The first-order valence-corrected chi connectivity index (χ1v) is 13.6. The summed E-state index contributed by atoms with van der Waals surface area (Å²) in [5.74, 6) is 0. The molecule has 5 heteroatoms. The van der Waals surface area contributed by atoms with Gasteiger partial charge >= 0.3 is 0 Å². The van der Waals surface area contributed by atoms with Crippen LogP contribution >= 0.6 is 0 Å². The molecular weight excluding hydrogens is 390 g/mol. The first-order valence-electron chi connectivity index (χ1n) is 13.6. The Bertz CT molecular complexity index is 424. The Balaban J connectivity index is 1.36. The van der Waals surface area contributed by atoms with Crippen LogP contribution in [0.15, 0.2) is 0 Å². The highest BCUT2D eigenvalue weighted by Gasteiger charge is 2.32. The zero-order valence-corrected chi connectivity index (χ0v) is 19.7. The van der Waals surface area contributed by atoms with E-state index in [0.29, 0.717) is 36.5 Å². The van der Waals surface area contributed by atoms with Crippen LogP contribution in [0.2, 0.25) is 0 Å². The second-order valence-electron chi connectivity index (χ2n) is 10.3. The Labute approximate surface area is 190 Å². The molecule has 0 aliphatic carbocycles. The van der Waals surface area contributed by atoms with Gasteiger partial charge in [-0.15, -0.1) is 0 Å². The SMILES string of the molecule is C1CCC(CCC(NC(CCC2CCCCO2)C2CCCCO2)C2CCCCO2)OC1. The van der Waals surface area contributed by atoms with Gasteiger partial charge in [-0.1, -0.05) is 0 Å². The van der Waals surface area contributed by atoms with E-state index < -0.39 is 0 Å². The number of ether oxygens (including phenoxy) is 4. The maximum Gasteiger partial charge on any atom is 0.0728 e. The first kappa shape index (κ1) is 23.9. The first-order chi connectivity index (χ1) is 15.4. The Hall–Kier alpha value is -0.200. The molecule has 4 saturated heterocycles. The van der Waals surface area contributed by atoms with E-state index in [1.807, 2.05) is 0 Å². The van der Waals surface area contributed by atoms with Crippen LogP contribution in [0.4, 0.5) is 0 Å². The van der Waals surface area contributed by atoms with Crippen molar-refractivity contribution < 1.29 is 18.9 Å². The lowest BCUT2D eigenvalue weighted by Crippen LogP contribution is -2.53. The molecule has 31 heavy (non-hydrogen) atoms. The van der Waals surface area contributed by atoms with E-state index in [9.17, 15) is 0 Å². The molecule has 0 bridgehead atoms. The van der Waals surface area contributed by atoms with E-state index in [2.05, 4.69) is 5.32 Å². The predicted octanol–water partition coefficient (Wildman–Crippen LogP) is 5.15. The minimum absolute atomic E-state index is 0.342. The summed E-state index contributed by atoms with van der Waals surface area (Å²) in [5, 5.41) is 4.11. The molecule has 0 radical (unpaired) electrons. The molecule has 4 heterocycles. The van der Waals surface area contributed by atoms with Crippen molar-refractivity contribution in [1.29, 1.82) is 0 Å². The van der Waals surface area contributed by atoms with Gasteiger partial charge in [0.2, 0.25) is 0 Å². The van der Waals surface area contributed by atoms with Gasteiger partial charge in [-0.05, 0) is 103 Å². The predicted molar refractivity (Wildman–Crippen MR) is 124 cm³/mol.